The predicted molar refractivity (Wildman–Crippen MR) is 103 cm³/mol. The number of fused-ring (bicyclic) bond motifs is 1. The molecule has 0 saturated heterocycles. The summed E-state index contributed by atoms with van der Waals surface area (Å²) >= 11 is 0. The maximum absolute atomic E-state index is 12.8. The Balaban J connectivity index is 1.79. The lowest BCUT2D eigenvalue weighted by atomic mass is 10.1. The summed E-state index contributed by atoms with van der Waals surface area (Å²) in [7, 11) is 4.36. The molecule has 7 heteroatoms. The Morgan fingerprint density at radius 1 is 0.964 bits per heavy atom. The quantitative estimate of drug-likeness (QED) is 0.712. The molecule has 2 aromatic carbocycles. The van der Waals surface area contributed by atoms with E-state index < -0.39 is 12.1 Å². The summed E-state index contributed by atoms with van der Waals surface area (Å²) in [5.74, 6) is -0.0394. The summed E-state index contributed by atoms with van der Waals surface area (Å²) in [4.78, 5) is 27.2. The van der Waals surface area contributed by atoms with E-state index in [-0.39, 0.29) is 23.0 Å². The Morgan fingerprint density at radius 2 is 1.68 bits per heavy atom. The average molecular weight is 385 g/mol. The number of nitrogens with zero attached hydrogens (tertiary/aromatic N) is 1. The van der Waals surface area contributed by atoms with Gasteiger partial charge in [0, 0.05) is 12.2 Å². The number of para-hydroxylation sites is 1. The zero-order chi connectivity index (χ0) is 20.3. The maximum Gasteiger partial charge on any atom is 0.342 e. The van der Waals surface area contributed by atoms with Gasteiger partial charge in [0.25, 0.3) is 5.91 Å². The fourth-order valence-electron chi connectivity index (χ4n) is 3.32. The molecular formula is C21H23NO6. The standard InChI is InChI=1S/C21H23NO6/c1-13(20(23)22-12-11-14-7-5-6-8-16(14)22)28-21(24)15-9-10-17(25-2)19(27-4)18(15)26-3/h5-10,13H,11-12H2,1-4H3/t13-/m1/s1. The molecule has 148 valence electrons. The number of anilines is 1. The van der Waals surface area contributed by atoms with E-state index >= 15 is 0 Å². The number of ether oxygens (including phenoxy) is 4. The lowest BCUT2D eigenvalue weighted by Crippen LogP contribution is -2.39. The third-order valence-electron chi connectivity index (χ3n) is 4.71. The molecule has 0 aromatic heterocycles. The number of carbonyl (C=O) groups is 2. The van der Waals surface area contributed by atoms with Gasteiger partial charge < -0.3 is 23.8 Å². The molecule has 1 heterocycles. The molecule has 1 amide bonds. The van der Waals surface area contributed by atoms with Gasteiger partial charge in [-0.3, -0.25) is 4.79 Å². The number of esters is 1. The van der Waals surface area contributed by atoms with Crippen LogP contribution < -0.4 is 19.1 Å². The topological polar surface area (TPSA) is 74.3 Å². The van der Waals surface area contributed by atoms with E-state index in [0.717, 1.165) is 17.7 Å². The highest BCUT2D eigenvalue weighted by molar-refractivity contribution is 6.01. The first-order valence-corrected chi connectivity index (χ1v) is 8.91. The molecule has 0 unspecified atom stereocenters. The summed E-state index contributed by atoms with van der Waals surface area (Å²) < 4.78 is 21.3. The smallest absolute Gasteiger partial charge is 0.342 e. The first-order valence-electron chi connectivity index (χ1n) is 8.91. The average Bonchev–Trinajstić information content (AvgIpc) is 3.15. The lowest BCUT2D eigenvalue weighted by molar-refractivity contribution is -0.126. The molecule has 1 aliphatic heterocycles. The molecule has 2 aromatic rings. The van der Waals surface area contributed by atoms with E-state index in [1.54, 1.807) is 17.9 Å². The Bertz CT molecular complexity index is 894. The van der Waals surface area contributed by atoms with Crippen LogP contribution in [-0.4, -0.2) is 45.9 Å². The number of hydrogen-bond acceptors (Lipinski definition) is 6. The van der Waals surface area contributed by atoms with Gasteiger partial charge in [0.05, 0.1) is 21.3 Å². The van der Waals surface area contributed by atoms with Crippen molar-refractivity contribution in [1.82, 2.24) is 0 Å². The van der Waals surface area contributed by atoms with Gasteiger partial charge in [0.15, 0.2) is 17.6 Å². The van der Waals surface area contributed by atoms with Crippen molar-refractivity contribution >= 4 is 17.6 Å². The zero-order valence-electron chi connectivity index (χ0n) is 16.4. The van der Waals surface area contributed by atoms with Crippen LogP contribution in [-0.2, 0) is 16.0 Å². The summed E-state index contributed by atoms with van der Waals surface area (Å²) in [5.41, 5.74) is 2.12. The van der Waals surface area contributed by atoms with E-state index in [0.29, 0.717) is 12.3 Å². The Morgan fingerprint density at radius 3 is 2.36 bits per heavy atom. The van der Waals surface area contributed by atoms with Crippen LogP contribution in [0.25, 0.3) is 0 Å². The highest BCUT2D eigenvalue weighted by atomic mass is 16.6. The molecule has 0 aliphatic carbocycles. The Hall–Kier alpha value is -3.22. The molecule has 28 heavy (non-hydrogen) atoms. The molecule has 0 fully saturated rings. The summed E-state index contributed by atoms with van der Waals surface area (Å²) in [6.45, 7) is 2.13. The second-order valence-corrected chi connectivity index (χ2v) is 6.30. The molecule has 0 N–H and O–H groups in total. The molecule has 1 atom stereocenters. The van der Waals surface area contributed by atoms with Crippen LogP contribution in [0.4, 0.5) is 5.69 Å². The third kappa shape index (κ3) is 3.47. The molecule has 0 saturated carbocycles. The third-order valence-corrected chi connectivity index (χ3v) is 4.71. The number of benzene rings is 2. The van der Waals surface area contributed by atoms with Gasteiger partial charge in [0.1, 0.15) is 5.56 Å². The number of hydrogen-bond donors (Lipinski definition) is 0. The first kappa shape index (κ1) is 19.5. The fourth-order valence-corrected chi connectivity index (χ4v) is 3.32. The monoisotopic (exact) mass is 385 g/mol. The van der Waals surface area contributed by atoms with Gasteiger partial charge in [-0.05, 0) is 37.1 Å². The van der Waals surface area contributed by atoms with Crippen molar-refractivity contribution in [1.29, 1.82) is 0 Å². The fraction of sp³-hybridized carbons (Fsp3) is 0.333. The van der Waals surface area contributed by atoms with Crippen LogP contribution in [0.5, 0.6) is 17.2 Å². The first-order chi connectivity index (χ1) is 13.5. The van der Waals surface area contributed by atoms with Crippen molar-refractivity contribution in [3.8, 4) is 17.2 Å². The second kappa shape index (κ2) is 8.21. The maximum atomic E-state index is 12.8. The van der Waals surface area contributed by atoms with E-state index in [1.807, 2.05) is 24.3 Å². The van der Waals surface area contributed by atoms with Crippen LogP contribution in [0, 0.1) is 0 Å². The molecule has 3 rings (SSSR count). The van der Waals surface area contributed by atoms with Gasteiger partial charge in [-0.15, -0.1) is 0 Å². The SMILES string of the molecule is COc1ccc(C(=O)O[C@H](C)C(=O)N2CCc3ccccc32)c(OC)c1OC. The van der Waals surface area contributed by atoms with E-state index in [2.05, 4.69) is 0 Å². The van der Waals surface area contributed by atoms with E-state index in [9.17, 15) is 9.59 Å². The molecule has 7 nitrogen and oxygen atoms in total. The highest BCUT2D eigenvalue weighted by Crippen LogP contribution is 2.40. The minimum atomic E-state index is -0.948. The van der Waals surface area contributed by atoms with Crippen molar-refractivity contribution in [3.63, 3.8) is 0 Å². The van der Waals surface area contributed by atoms with Crippen LogP contribution in [0.3, 0.4) is 0 Å². The van der Waals surface area contributed by atoms with Crippen LogP contribution in [0.1, 0.15) is 22.8 Å². The normalized spacial score (nSPS) is 13.5. The highest BCUT2D eigenvalue weighted by Gasteiger charge is 2.31. The van der Waals surface area contributed by atoms with Crippen LogP contribution in [0.2, 0.25) is 0 Å². The summed E-state index contributed by atoms with van der Waals surface area (Å²) in [6, 6.07) is 10.8. The van der Waals surface area contributed by atoms with Gasteiger partial charge in [-0.2, -0.15) is 0 Å². The summed E-state index contributed by atoms with van der Waals surface area (Å²) in [6.07, 6.45) is -0.164. The number of carbonyl (C=O) groups excluding carboxylic acids is 2. The summed E-state index contributed by atoms with van der Waals surface area (Å²) in [5, 5.41) is 0. The van der Waals surface area contributed by atoms with Crippen molar-refractivity contribution in [2.75, 3.05) is 32.8 Å². The molecule has 0 spiro atoms. The number of rotatable bonds is 6. The lowest BCUT2D eigenvalue weighted by Gasteiger charge is -2.22. The zero-order valence-corrected chi connectivity index (χ0v) is 16.4. The molecule has 0 bridgehead atoms. The van der Waals surface area contributed by atoms with E-state index in [1.165, 1.54) is 27.4 Å². The Labute approximate surface area is 163 Å². The van der Waals surface area contributed by atoms with Crippen LogP contribution in [0.15, 0.2) is 36.4 Å². The van der Waals surface area contributed by atoms with Crippen molar-refractivity contribution in [3.05, 3.63) is 47.5 Å². The van der Waals surface area contributed by atoms with Crippen LogP contribution >= 0.6 is 0 Å². The minimum absolute atomic E-state index is 0.154. The molecular weight excluding hydrogens is 362 g/mol. The second-order valence-electron chi connectivity index (χ2n) is 6.30. The Kier molecular flexibility index (Phi) is 5.73. The van der Waals surface area contributed by atoms with Gasteiger partial charge in [-0.25, -0.2) is 4.79 Å². The predicted octanol–water partition coefficient (Wildman–Crippen LogP) is 2.85. The molecule has 1 aliphatic rings. The van der Waals surface area contributed by atoms with E-state index in [4.69, 9.17) is 18.9 Å². The minimum Gasteiger partial charge on any atom is -0.493 e. The largest absolute Gasteiger partial charge is 0.493 e. The van der Waals surface area contributed by atoms with Crippen molar-refractivity contribution in [2.45, 2.75) is 19.4 Å². The van der Waals surface area contributed by atoms with Gasteiger partial charge >= 0.3 is 5.97 Å². The number of amides is 1. The van der Waals surface area contributed by atoms with Crippen molar-refractivity contribution < 1.29 is 28.5 Å². The molecule has 0 radical (unpaired) electrons. The number of methoxy groups -OCH3 is 3. The van der Waals surface area contributed by atoms with Gasteiger partial charge in [0.2, 0.25) is 5.75 Å². The van der Waals surface area contributed by atoms with Gasteiger partial charge in [-0.1, -0.05) is 18.2 Å². The van der Waals surface area contributed by atoms with Crippen molar-refractivity contribution in [2.24, 2.45) is 0 Å².